The molecule has 1 saturated heterocycles. The number of aromatic nitrogens is 3. The van der Waals surface area contributed by atoms with E-state index < -0.39 is 12.5 Å². The van der Waals surface area contributed by atoms with Crippen LogP contribution in [0.1, 0.15) is 16.6 Å². The third-order valence-corrected chi connectivity index (χ3v) is 4.01. The monoisotopic (exact) mass is 271 g/mol. The van der Waals surface area contributed by atoms with Gasteiger partial charge < -0.3 is 5.32 Å². The average Bonchev–Trinajstić information content (AvgIpc) is 3.14. The van der Waals surface area contributed by atoms with Crippen LogP contribution in [0.5, 0.6) is 0 Å². The Morgan fingerprint density at radius 1 is 1.35 bits per heavy atom. The zero-order chi connectivity index (χ0) is 16.2. The number of nitrogens with zero attached hydrogens (tertiary/aromatic N) is 3. The SMILES string of the molecule is [2H]C([2H])([2H])n1c(=O)c2ccccc2c2cnn(C3CCNC3)c21. The van der Waals surface area contributed by atoms with Crippen molar-refractivity contribution in [1.29, 1.82) is 0 Å². The first-order chi connectivity index (χ1) is 11.0. The van der Waals surface area contributed by atoms with Crippen LogP contribution in [-0.2, 0) is 6.98 Å². The summed E-state index contributed by atoms with van der Waals surface area (Å²) in [6, 6.07) is 7.14. The Balaban J connectivity index is 2.18. The molecule has 0 bridgehead atoms. The number of aryl methyl sites for hydroxylation is 1. The molecule has 1 aromatic carbocycles. The summed E-state index contributed by atoms with van der Waals surface area (Å²) in [5, 5.41) is 9.50. The van der Waals surface area contributed by atoms with E-state index in [-0.39, 0.29) is 6.04 Å². The lowest BCUT2D eigenvalue weighted by molar-refractivity contribution is 0.497. The fraction of sp³-hybridized carbons (Fsp3) is 0.333. The predicted octanol–water partition coefficient (Wildman–Crippen LogP) is 1.42. The second-order valence-corrected chi connectivity index (χ2v) is 5.16. The van der Waals surface area contributed by atoms with E-state index in [9.17, 15) is 4.79 Å². The standard InChI is InChI=1S/C15H16N4O/c1-18-14-13(9-17-19(14)10-6-7-16-8-10)11-4-2-3-5-12(11)15(18)20/h2-5,9-10,16H,6-8H2,1H3/i1D3. The molecule has 20 heavy (non-hydrogen) atoms. The second-order valence-electron chi connectivity index (χ2n) is 5.16. The lowest BCUT2D eigenvalue weighted by Gasteiger charge is -2.13. The molecule has 0 radical (unpaired) electrons. The highest BCUT2D eigenvalue weighted by atomic mass is 16.1. The van der Waals surface area contributed by atoms with E-state index in [1.165, 1.54) is 0 Å². The topological polar surface area (TPSA) is 51.9 Å². The number of rotatable bonds is 1. The van der Waals surface area contributed by atoms with Gasteiger partial charge in [0.1, 0.15) is 5.65 Å². The number of benzene rings is 1. The minimum Gasteiger partial charge on any atom is -0.315 e. The number of hydrogen-bond donors (Lipinski definition) is 1. The quantitative estimate of drug-likeness (QED) is 0.728. The molecule has 102 valence electrons. The van der Waals surface area contributed by atoms with Gasteiger partial charge in [-0.1, -0.05) is 18.2 Å². The van der Waals surface area contributed by atoms with Crippen molar-refractivity contribution in [2.24, 2.45) is 6.98 Å². The van der Waals surface area contributed by atoms with E-state index in [4.69, 9.17) is 4.11 Å². The zero-order valence-corrected chi connectivity index (χ0v) is 10.8. The van der Waals surface area contributed by atoms with Gasteiger partial charge in [0.2, 0.25) is 0 Å². The molecular formula is C15H16N4O. The Bertz CT molecular complexity index is 951. The molecule has 1 aliphatic heterocycles. The fourth-order valence-corrected chi connectivity index (χ4v) is 3.01. The van der Waals surface area contributed by atoms with E-state index in [0.717, 1.165) is 29.5 Å². The van der Waals surface area contributed by atoms with Gasteiger partial charge >= 0.3 is 0 Å². The molecule has 1 aliphatic rings. The predicted molar refractivity (Wildman–Crippen MR) is 79.0 cm³/mol. The third kappa shape index (κ3) is 1.47. The van der Waals surface area contributed by atoms with Crippen molar-refractivity contribution in [2.75, 3.05) is 13.1 Å². The number of fused-ring (bicyclic) bond motifs is 3. The van der Waals surface area contributed by atoms with Crippen LogP contribution in [0, 0.1) is 0 Å². The summed E-state index contributed by atoms with van der Waals surface area (Å²) < 4.78 is 26.1. The van der Waals surface area contributed by atoms with Crippen molar-refractivity contribution >= 4 is 21.8 Å². The van der Waals surface area contributed by atoms with Crippen LogP contribution in [-0.4, -0.2) is 27.4 Å². The van der Waals surface area contributed by atoms with Crippen molar-refractivity contribution in [3.8, 4) is 0 Å². The molecule has 0 amide bonds. The van der Waals surface area contributed by atoms with Gasteiger partial charge in [0.15, 0.2) is 0 Å². The van der Waals surface area contributed by atoms with Crippen LogP contribution in [0.3, 0.4) is 0 Å². The highest BCUT2D eigenvalue weighted by Gasteiger charge is 2.21. The van der Waals surface area contributed by atoms with E-state index >= 15 is 0 Å². The van der Waals surface area contributed by atoms with Crippen LogP contribution in [0.4, 0.5) is 0 Å². The minimum atomic E-state index is -2.55. The van der Waals surface area contributed by atoms with E-state index in [1.54, 1.807) is 23.0 Å². The highest BCUT2D eigenvalue weighted by molar-refractivity contribution is 6.04. The molecule has 0 aliphatic carbocycles. The van der Waals surface area contributed by atoms with Gasteiger partial charge in [0, 0.05) is 28.4 Å². The summed E-state index contributed by atoms with van der Waals surface area (Å²) in [6.07, 6.45) is 2.52. The van der Waals surface area contributed by atoms with Gasteiger partial charge in [0.05, 0.1) is 12.2 Å². The molecule has 5 nitrogen and oxygen atoms in total. The lowest BCUT2D eigenvalue weighted by atomic mass is 10.1. The Morgan fingerprint density at radius 3 is 2.95 bits per heavy atom. The van der Waals surface area contributed by atoms with Crippen molar-refractivity contribution in [2.45, 2.75) is 12.5 Å². The Hall–Kier alpha value is -2.14. The van der Waals surface area contributed by atoms with E-state index in [0.29, 0.717) is 16.4 Å². The smallest absolute Gasteiger partial charge is 0.259 e. The Labute approximate surface area is 120 Å². The molecule has 5 heteroatoms. The van der Waals surface area contributed by atoms with Gasteiger partial charge in [-0.3, -0.25) is 9.36 Å². The molecule has 1 N–H and O–H groups in total. The molecule has 1 atom stereocenters. The van der Waals surface area contributed by atoms with Gasteiger partial charge in [-0.15, -0.1) is 0 Å². The first-order valence-electron chi connectivity index (χ1n) is 8.20. The molecule has 3 heterocycles. The molecule has 3 aromatic rings. The summed E-state index contributed by atoms with van der Waals surface area (Å²) in [7, 11) is 0. The lowest BCUT2D eigenvalue weighted by Crippen LogP contribution is -2.22. The fourth-order valence-electron chi connectivity index (χ4n) is 3.01. The largest absolute Gasteiger partial charge is 0.315 e. The maximum atomic E-state index is 12.8. The van der Waals surface area contributed by atoms with Crippen LogP contribution >= 0.6 is 0 Å². The number of nitrogens with one attached hydrogen (secondary N) is 1. The van der Waals surface area contributed by atoms with Crippen molar-refractivity contribution in [3.63, 3.8) is 0 Å². The zero-order valence-electron chi connectivity index (χ0n) is 13.8. The van der Waals surface area contributed by atoms with E-state index in [1.807, 2.05) is 12.1 Å². The van der Waals surface area contributed by atoms with Crippen molar-refractivity contribution in [3.05, 3.63) is 40.8 Å². The highest BCUT2D eigenvalue weighted by Crippen LogP contribution is 2.25. The molecular weight excluding hydrogens is 252 g/mol. The summed E-state index contributed by atoms with van der Waals surface area (Å²) >= 11 is 0. The maximum absolute atomic E-state index is 12.8. The van der Waals surface area contributed by atoms with Gasteiger partial charge in [0.25, 0.3) is 5.56 Å². The van der Waals surface area contributed by atoms with Crippen LogP contribution < -0.4 is 10.9 Å². The number of pyridine rings is 1. The Morgan fingerprint density at radius 2 is 2.20 bits per heavy atom. The average molecular weight is 271 g/mol. The summed E-state index contributed by atoms with van der Waals surface area (Å²) in [4.78, 5) is 12.8. The van der Waals surface area contributed by atoms with E-state index in [2.05, 4.69) is 10.4 Å². The molecule has 2 aromatic heterocycles. The Kier molecular flexibility index (Phi) is 1.86. The van der Waals surface area contributed by atoms with Crippen molar-refractivity contribution < 1.29 is 4.11 Å². The van der Waals surface area contributed by atoms with Crippen LogP contribution in [0.2, 0.25) is 0 Å². The second kappa shape index (κ2) is 4.18. The summed E-state index contributed by atoms with van der Waals surface area (Å²) in [5.74, 6) is 0. The molecule has 0 saturated carbocycles. The van der Waals surface area contributed by atoms with Crippen molar-refractivity contribution in [1.82, 2.24) is 19.7 Å². The molecule has 4 rings (SSSR count). The normalized spacial score (nSPS) is 22.0. The summed E-state index contributed by atoms with van der Waals surface area (Å²) in [6.45, 7) is -0.973. The minimum absolute atomic E-state index is 0.0571. The maximum Gasteiger partial charge on any atom is 0.259 e. The first kappa shape index (κ1) is 8.92. The molecule has 1 unspecified atom stereocenters. The van der Waals surface area contributed by atoms with Gasteiger partial charge in [-0.2, -0.15) is 5.10 Å². The molecule has 1 fully saturated rings. The van der Waals surface area contributed by atoms with Crippen LogP contribution in [0.15, 0.2) is 35.3 Å². The molecule has 0 spiro atoms. The van der Waals surface area contributed by atoms with Crippen LogP contribution in [0.25, 0.3) is 21.8 Å². The first-order valence-corrected chi connectivity index (χ1v) is 6.70. The van der Waals surface area contributed by atoms with Gasteiger partial charge in [-0.05, 0) is 24.4 Å². The number of hydrogen-bond acceptors (Lipinski definition) is 3. The summed E-state index contributed by atoms with van der Waals surface area (Å²) in [5.41, 5.74) is -0.122. The van der Waals surface area contributed by atoms with Gasteiger partial charge in [-0.25, -0.2) is 4.68 Å². The third-order valence-electron chi connectivity index (χ3n) is 4.01.